The number of Topliss-reactive ketones (excluding diaryl/α,β-unsaturated/α-hetero) is 1. The molecular weight excluding hydrogens is 308 g/mol. The van der Waals surface area contributed by atoms with E-state index in [1.165, 1.54) is 11.1 Å². The summed E-state index contributed by atoms with van der Waals surface area (Å²) in [6.45, 7) is 13.3. The van der Waals surface area contributed by atoms with Crippen LogP contribution in [0.15, 0.2) is 60.7 Å². The Labute approximate surface area is 151 Å². The number of allylic oxidation sites excluding steroid dienone is 1. The number of rotatable bonds is 8. The summed E-state index contributed by atoms with van der Waals surface area (Å²) in [7, 11) is 0. The summed E-state index contributed by atoms with van der Waals surface area (Å²) in [5.74, 6) is 0.0770. The number of ketones is 1. The molecule has 0 N–H and O–H groups in total. The number of hydrogen-bond acceptors (Lipinski definition) is 2. The van der Waals surface area contributed by atoms with Crippen LogP contribution in [-0.4, -0.2) is 5.78 Å². The molecule has 2 aromatic carbocycles. The molecule has 1 unspecified atom stereocenters. The fourth-order valence-electron chi connectivity index (χ4n) is 2.92. The van der Waals surface area contributed by atoms with Crippen molar-refractivity contribution in [1.29, 1.82) is 0 Å². The highest BCUT2D eigenvalue weighted by Gasteiger charge is 2.25. The number of benzene rings is 2. The molecule has 132 valence electrons. The van der Waals surface area contributed by atoms with Crippen LogP contribution in [0.2, 0.25) is 0 Å². The van der Waals surface area contributed by atoms with Crippen LogP contribution in [0.5, 0.6) is 0 Å². The molecule has 0 amide bonds. The molecule has 2 aromatic rings. The molecule has 0 aliphatic heterocycles. The molecular formula is C23H28O2. The minimum Gasteiger partial charge on any atom is -0.372 e. The fourth-order valence-corrected chi connectivity index (χ4v) is 2.92. The zero-order valence-electron chi connectivity index (χ0n) is 15.8. The number of carbonyl (C=O) groups is 1. The molecule has 0 aliphatic carbocycles. The maximum absolute atomic E-state index is 11.5. The van der Waals surface area contributed by atoms with Gasteiger partial charge in [0.15, 0.2) is 5.78 Å². The Balaban J connectivity index is 2.05. The van der Waals surface area contributed by atoms with Gasteiger partial charge in [-0.15, -0.1) is 0 Å². The Kier molecular flexibility index (Phi) is 6.33. The molecule has 2 rings (SSSR count). The second-order valence-corrected chi connectivity index (χ2v) is 6.92. The van der Waals surface area contributed by atoms with Crippen LogP contribution >= 0.6 is 0 Å². The summed E-state index contributed by atoms with van der Waals surface area (Å²) >= 11 is 0. The van der Waals surface area contributed by atoms with Gasteiger partial charge in [-0.25, -0.2) is 0 Å². The normalized spacial score (nSPS) is 13.3. The first-order valence-electron chi connectivity index (χ1n) is 8.80. The van der Waals surface area contributed by atoms with Gasteiger partial charge in [0.2, 0.25) is 0 Å². The van der Waals surface area contributed by atoms with Crippen molar-refractivity contribution in [3.05, 3.63) is 82.9 Å². The first-order valence-corrected chi connectivity index (χ1v) is 8.80. The number of ether oxygens (including phenoxy) is 1. The zero-order valence-corrected chi connectivity index (χ0v) is 15.8. The van der Waals surface area contributed by atoms with Crippen LogP contribution in [0.1, 0.15) is 61.2 Å². The zero-order chi connectivity index (χ0) is 18.4. The Morgan fingerprint density at radius 1 is 1.04 bits per heavy atom. The van der Waals surface area contributed by atoms with Gasteiger partial charge in [-0.2, -0.15) is 0 Å². The van der Waals surface area contributed by atoms with Crippen LogP contribution in [0.4, 0.5) is 0 Å². The first-order chi connectivity index (χ1) is 11.9. The Morgan fingerprint density at radius 2 is 1.64 bits per heavy atom. The van der Waals surface area contributed by atoms with Crippen molar-refractivity contribution in [2.75, 3.05) is 0 Å². The van der Waals surface area contributed by atoms with Crippen LogP contribution < -0.4 is 0 Å². The molecule has 2 nitrogen and oxygen atoms in total. The van der Waals surface area contributed by atoms with Gasteiger partial charge in [-0.3, -0.25) is 4.79 Å². The van der Waals surface area contributed by atoms with Crippen LogP contribution in [-0.2, 0) is 23.4 Å². The van der Waals surface area contributed by atoms with Gasteiger partial charge < -0.3 is 4.74 Å². The third-order valence-corrected chi connectivity index (χ3v) is 5.08. The van der Waals surface area contributed by atoms with Gasteiger partial charge in [0.1, 0.15) is 0 Å². The summed E-state index contributed by atoms with van der Waals surface area (Å²) in [4.78, 5) is 11.5. The van der Waals surface area contributed by atoms with Gasteiger partial charge in [0.05, 0.1) is 13.2 Å². The van der Waals surface area contributed by atoms with E-state index < -0.39 is 0 Å². The molecule has 0 radical (unpaired) electrons. The minimum absolute atomic E-state index is 0.00811. The van der Waals surface area contributed by atoms with Gasteiger partial charge in [0.25, 0.3) is 0 Å². The van der Waals surface area contributed by atoms with Crippen molar-refractivity contribution in [2.24, 2.45) is 0 Å². The maximum Gasteiger partial charge on any atom is 0.159 e. The minimum atomic E-state index is -0.00811. The van der Waals surface area contributed by atoms with Crippen molar-refractivity contribution >= 4 is 5.78 Å². The molecule has 0 saturated heterocycles. The largest absolute Gasteiger partial charge is 0.372 e. The third-order valence-electron chi connectivity index (χ3n) is 5.08. The second-order valence-electron chi connectivity index (χ2n) is 6.92. The van der Waals surface area contributed by atoms with E-state index in [2.05, 4.69) is 51.6 Å². The molecule has 1 atom stereocenters. The van der Waals surface area contributed by atoms with E-state index in [-0.39, 0.29) is 11.2 Å². The lowest BCUT2D eigenvalue weighted by Crippen LogP contribution is -2.22. The van der Waals surface area contributed by atoms with Crippen LogP contribution in [0.3, 0.4) is 0 Å². The first kappa shape index (κ1) is 19.1. The topological polar surface area (TPSA) is 26.3 Å². The molecule has 0 aliphatic rings. The van der Waals surface area contributed by atoms with Crippen molar-refractivity contribution in [3.63, 3.8) is 0 Å². The summed E-state index contributed by atoms with van der Waals surface area (Å²) < 4.78 is 5.87. The highest BCUT2D eigenvalue weighted by atomic mass is 16.5. The van der Waals surface area contributed by atoms with Crippen molar-refractivity contribution < 1.29 is 9.53 Å². The van der Waals surface area contributed by atoms with Crippen molar-refractivity contribution in [2.45, 2.75) is 52.7 Å². The summed E-state index contributed by atoms with van der Waals surface area (Å²) in [6.07, 6.45) is 1.02. The molecule has 0 spiro atoms. The number of carbonyl (C=O) groups excluding carboxylic acids is 1. The van der Waals surface area contributed by atoms with Crippen LogP contribution in [0, 0.1) is 0 Å². The average Bonchev–Trinajstić information content (AvgIpc) is 2.61. The number of hydrogen-bond donors (Lipinski definition) is 0. The lowest BCUT2D eigenvalue weighted by molar-refractivity contribution is 0.101. The smallest absolute Gasteiger partial charge is 0.159 e. The Hall–Kier alpha value is -2.19. The maximum atomic E-state index is 11.5. The van der Waals surface area contributed by atoms with E-state index in [0.717, 1.165) is 23.1 Å². The Bertz CT molecular complexity index is 760. The van der Waals surface area contributed by atoms with Gasteiger partial charge >= 0.3 is 0 Å². The van der Waals surface area contributed by atoms with E-state index >= 15 is 0 Å². The molecule has 0 saturated carbocycles. The second kappa shape index (κ2) is 8.26. The van der Waals surface area contributed by atoms with E-state index in [0.29, 0.717) is 13.2 Å². The van der Waals surface area contributed by atoms with Gasteiger partial charge in [-0.1, -0.05) is 68.5 Å². The molecule has 2 heteroatoms. The predicted molar refractivity (Wildman–Crippen MR) is 104 cm³/mol. The van der Waals surface area contributed by atoms with Crippen LogP contribution in [0.25, 0.3) is 0 Å². The fraction of sp³-hybridized carbons (Fsp3) is 0.348. The highest BCUT2D eigenvalue weighted by Crippen LogP contribution is 2.34. The summed E-state index contributed by atoms with van der Waals surface area (Å²) in [5.41, 5.74) is 5.34. The SMILES string of the molecule is C=C(C)C(C)(CC)c1cccc(COCc2cccc(C(C)=O)c2)c1. The molecule has 25 heavy (non-hydrogen) atoms. The van der Waals surface area contributed by atoms with E-state index in [9.17, 15) is 4.79 Å². The van der Waals surface area contributed by atoms with Gasteiger partial charge in [-0.05, 0) is 43.0 Å². The third kappa shape index (κ3) is 4.67. The molecule has 0 aromatic heterocycles. The van der Waals surface area contributed by atoms with Crippen molar-refractivity contribution in [1.82, 2.24) is 0 Å². The highest BCUT2D eigenvalue weighted by molar-refractivity contribution is 5.94. The Morgan fingerprint density at radius 3 is 2.20 bits per heavy atom. The van der Waals surface area contributed by atoms with E-state index in [1.54, 1.807) is 6.92 Å². The molecule has 0 bridgehead atoms. The van der Waals surface area contributed by atoms with Crippen molar-refractivity contribution in [3.8, 4) is 0 Å². The lowest BCUT2D eigenvalue weighted by atomic mass is 9.74. The molecule has 0 heterocycles. The standard InChI is InChI=1S/C23H28O2/c1-6-23(5,17(2)3)22-12-8-10-20(14-22)16-25-15-19-9-7-11-21(13-19)18(4)24/h7-14H,2,6,15-16H2,1,3-5H3. The molecule has 0 fully saturated rings. The summed E-state index contributed by atoms with van der Waals surface area (Å²) in [5, 5.41) is 0. The quantitative estimate of drug-likeness (QED) is 0.446. The monoisotopic (exact) mass is 336 g/mol. The predicted octanol–water partition coefficient (Wildman–Crippen LogP) is 5.85. The lowest BCUT2D eigenvalue weighted by Gasteiger charge is -2.30. The van der Waals surface area contributed by atoms with E-state index in [4.69, 9.17) is 4.74 Å². The average molecular weight is 336 g/mol. The summed E-state index contributed by atoms with van der Waals surface area (Å²) in [6, 6.07) is 16.2. The van der Waals surface area contributed by atoms with E-state index in [1.807, 2.05) is 24.3 Å². The van der Waals surface area contributed by atoms with Gasteiger partial charge in [0, 0.05) is 11.0 Å².